The Labute approximate surface area is 157 Å². The van der Waals surface area contributed by atoms with Crippen LogP contribution in [0.5, 0.6) is 0 Å². The Balaban J connectivity index is 2.01. The first kappa shape index (κ1) is 17.4. The van der Waals surface area contributed by atoms with E-state index in [0.717, 1.165) is 21.5 Å². The molecule has 2 heterocycles. The largest absolute Gasteiger partial charge is 0.377 e. The number of hydrogen-bond donors (Lipinski definition) is 0. The van der Waals surface area contributed by atoms with Crippen molar-refractivity contribution in [2.75, 3.05) is 19.5 Å². The Morgan fingerprint density at radius 2 is 1.88 bits per heavy atom. The average molecular weight is 386 g/mol. The molecule has 6 heteroatoms. The van der Waals surface area contributed by atoms with Gasteiger partial charge in [0.25, 0.3) is 10.0 Å². The zero-order valence-electron chi connectivity index (χ0n) is 14.4. The van der Waals surface area contributed by atoms with Gasteiger partial charge in [0.2, 0.25) is 0 Å². The molecule has 0 N–H and O–H groups in total. The van der Waals surface area contributed by atoms with Crippen LogP contribution in [0.25, 0.3) is 16.5 Å². The second-order valence-electron chi connectivity index (χ2n) is 6.09. The van der Waals surface area contributed by atoms with Crippen LogP contribution in [0.15, 0.2) is 70.5 Å². The maximum Gasteiger partial charge on any atom is 0.268 e. The third-order valence-electron chi connectivity index (χ3n) is 4.54. The van der Waals surface area contributed by atoms with Gasteiger partial charge in [0, 0.05) is 10.3 Å². The molecule has 0 fully saturated rings. The van der Waals surface area contributed by atoms with Crippen molar-refractivity contribution in [3.63, 3.8) is 0 Å². The fraction of sp³-hybridized carbons (Fsp3) is 0.200. The Kier molecular flexibility index (Phi) is 4.65. The molecule has 4 rings (SSSR count). The second kappa shape index (κ2) is 6.95. The van der Waals surface area contributed by atoms with Crippen LogP contribution in [0.2, 0.25) is 0 Å². The smallest absolute Gasteiger partial charge is 0.268 e. The lowest BCUT2D eigenvalue weighted by atomic mass is 10.1. The lowest BCUT2D eigenvalue weighted by Crippen LogP contribution is -2.16. The van der Waals surface area contributed by atoms with Crippen molar-refractivity contribution in [3.8, 4) is 0 Å². The molecule has 0 unspecified atom stereocenters. The summed E-state index contributed by atoms with van der Waals surface area (Å²) in [6, 6.07) is 16.5. The van der Waals surface area contributed by atoms with E-state index >= 15 is 0 Å². The summed E-state index contributed by atoms with van der Waals surface area (Å²) in [4.78, 5) is 1.40. The molecule has 26 heavy (non-hydrogen) atoms. The van der Waals surface area contributed by atoms with Gasteiger partial charge in [-0.15, -0.1) is 11.8 Å². The van der Waals surface area contributed by atoms with Gasteiger partial charge in [0.1, 0.15) is 0 Å². The summed E-state index contributed by atoms with van der Waals surface area (Å²) in [5.41, 5.74) is 2.44. The SMILES string of the molecule is CSc1ccc2c(c1)cc(C1=CCOCC1)n2S(=O)(=O)c1ccccc1. The van der Waals surface area contributed by atoms with E-state index in [9.17, 15) is 8.42 Å². The molecule has 3 aromatic rings. The highest BCUT2D eigenvalue weighted by Crippen LogP contribution is 2.33. The number of ether oxygens (including phenoxy) is 1. The Morgan fingerprint density at radius 3 is 2.58 bits per heavy atom. The fourth-order valence-electron chi connectivity index (χ4n) is 3.24. The molecular weight excluding hydrogens is 366 g/mol. The van der Waals surface area contributed by atoms with Gasteiger partial charge >= 0.3 is 0 Å². The number of nitrogens with zero attached hydrogens (tertiary/aromatic N) is 1. The van der Waals surface area contributed by atoms with Gasteiger partial charge in [-0.3, -0.25) is 0 Å². The van der Waals surface area contributed by atoms with Gasteiger partial charge in [-0.25, -0.2) is 12.4 Å². The predicted octanol–water partition coefficient (Wildman–Crippen LogP) is 4.40. The van der Waals surface area contributed by atoms with E-state index in [0.29, 0.717) is 30.0 Å². The lowest BCUT2D eigenvalue weighted by Gasteiger charge is -2.17. The Morgan fingerprint density at radius 1 is 1.08 bits per heavy atom. The van der Waals surface area contributed by atoms with Gasteiger partial charge in [-0.1, -0.05) is 24.3 Å². The van der Waals surface area contributed by atoms with Crippen LogP contribution in [0.4, 0.5) is 0 Å². The summed E-state index contributed by atoms with van der Waals surface area (Å²) in [5, 5.41) is 0.929. The Bertz CT molecular complexity index is 1080. The molecule has 1 aliphatic heterocycles. The number of rotatable bonds is 4. The number of thioether (sulfide) groups is 1. The number of fused-ring (bicyclic) bond motifs is 1. The van der Waals surface area contributed by atoms with Crippen molar-refractivity contribution < 1.29 is 13.2 Å². The molecule has 1 aromatic heterocycles. The van der Waals surface area contributed by atoms with Gasteiger partial charge in [-0.05, 0) is 54.6 Å². The molecule has 0 radical (unpaired) electrons. The standard InChI is InChI=1S/C20H19NO3S2/c1-25-17-7-8-19-16(13-17)14-20(15-9-11-24-12-10-15)21(19)26(22,23)18-5-3-2-4-6-18/h2-9,13-14H,10-12H2,1H3. The van der Waals surface area contributed by atoms with Crippen molar-refractivity contribution in [1.29, 1.82) is 0 Å². The summed E-state index contributed by atoms with van der Waals surface area (Å²) in [6.07, 6.45) is 4.70. The van der Waals surface area contributed by atoms with E-state index in [-0.39, 0.29) is 0 Å². The maximum absolute atomic E-state index is 13.4. The summed E-state index contributed by atoms with van der Waals surface area (Å²) >= 11 is 1.64. The first-order valence-corrected chi connectivity index (χ1v) is 11.0. The van der Waals surface area contributed by atoms with Gasteiger partial charge in [0.05, 0.1) is 29.3 Å². The minimum Gasteiger partial charge on any atom is -0.377 e. The number of hydrogen-bond acceptors (Lipinski definition) is 4. The first-order chi connectivity index (χ1) is 12.6. The van der Waals surface area contributed by atoms with E-state index in [1.54, 1.807) is 36.0 Å². The highest BCUT2D eigenvalue weighted by Gasteiger charge is 2.25. The minimum atomic E-state index is -3.69. The van der Waals surface area contributed by atoms with E-state index in [2.05, 4.69) is 0 Å². The first-order valence-electron chi connectivity index (χ1n) is 8.38. The predicted molar refractivity (Wildman–Crippen MR) is 106 cm³/mol. The maximum atomic E-state index is 13.4. The summed E-state index contributed by atoms with van der Waals surface area (Å²) < 4.78 is 33.7. The van der Waals surface area contributed by atoms with Crippen LogP contribution >= 0.6 is 11.8 Å². The average Bonchev–Trinajstić information content (AvgIpc) is 3.08. The van der Waals surface area contributed by atoms with E-state index in [1.165, 1.54) is 3.97 Å². The summed E-state index contributed by atoms with van der Waals surface area (Å²) in [7, 11) is -3.69. The van der Waals surface area contributed by atoms with E-state index in [4.69, 9.17) is 4.74 Å². The second-order valence-corrected chi connectivity index (χ2v) is 8.76. The van der Waals surface area contributed by atoms with Crippen molar-refractivity contribution in [1.82, 2.24) is 3.97 Å². The zero-order valence-corrected chi connectivity index (χ0v) is 16.0. The van der Waals surface area contributed by atoms with Crippen molar-refractivity contribution in [2.24, 2.45) is 0 Å². The van der Waals surface area contributed by atoms with Crippen LogP contribution in [-0.2, 0) is 14.8 Å². The van der Waals surface area contributed by atoms with Crippen molar-refractivity contribution in [3.05, 3.63) is 66.4 Å². The molecule has 0 spiro atoms. The van der Waals surface area contributed by atoms with Crippen LogP contribution in [0, 0.1) is 0 Å². The highest BCUT2D eigenvalue weighted by molar-refractivity contribution is 7.98. The molecule has 134 valence electrons. The fourth-order valence-corrected chi connectivity index (χ4v) is 5.25. The molecular formula is C20H19NO3S2. The zero-order chi connectivity index (χ0) is 18.1. The third-order valence-corrected chi connectivity index (χ3v) is 7.01. The topological polar surface area (TPSA) is 48.3 Å². The van der Waals surface area contributed by atoms with E-state index < -0.39 is 10.0 Å². The highest BCUT2D eigenvalue weighted by atomic mass is 32.2. The molecule has 2 aromatic carbocycles. The number of aromatic nitrogens is 1. The summed E-state index contributed by atoms with van der Waals surface area (Å²) in [5.74, 6) is 0. The molecule has 1 aliphatic rings. The quantitative estimate of drug-likeness (QED) is 0.625. The van der Waals surface area contributed by atoms with Crippen LogP contribution in [0.1, 0.15) is 12.1 Å². The van der Waals surface area contributed by atoms with Crippen molar-refractivity contribution in [2.45, 2.75) is 16.2 Å². The number of benzene rings is 2. The van der Waals surface area contributed by atoms with Crippen LogP contribution in [-0.4, -0.2) is 31.9 Å². The summed E-state index contributed by atoms with van der Waals surface area (Å²) in [6.45, 7) is 1.12. The van der Waals surface area contributed by atoms with Gasteiger partial charge < -0.3 is 4.74 Å². The molecule has 0 aliphatic carbocycles. The van der Waals surface area contributed by atoms with Crippen LogP contribution in [0.3, 0.4) is 0 Å². The molecule has 0 saturated carbocycles. The molecule has 0 amide bonds. The van der Waals surface area contributed by atoms with Crippen LogP contribution < -0.4 is 0 Å². The van der Waals surface area contributed by atoms with E-state index in [1.807, 2.05) is 42.7 Å². The monoisotopic (exact) mass is 385 g/mol. The van der Waals surface area contributed by atoms with Crippen molar-refractivity contribution >= 4 is 38.3 Å². The normalized spacial score (nSPS) is 15.2. The molecule has 0 saturated heterocycles. The van der Waals surface area contributed by atoms with Gasteiger partial charge in [0.15, 0.2) is 0 Å². The Hall–Kier alpha value is -2.02. The molecule has 0 atom stereocenters. The molecule has 4 nitrogen and oxygen atoms in total. The molecule has 0 bridgehead atoms. The lowest BCUT2D eigenvalue weighted by molar-refractivity contribution is 0.161. The minimum absolute atomic E-state index is 0.292. The van der Waals surface area contributed by atoms with Gasteiger partial charge in [-0.2, -0.15) is 0 Å². The third kappa shape index (κ3) is 2.98.